The standard InChI is InChI=1S/C64H45NS/c1-2-12-47-39-53(34-31-43(47)11-1)65-61-19-9-7-17-57(61)59-40-49(32-35-62(59)65)44-24-21-42(22-25-44)23-26-48(37-52-38-51-13-3-4-14-54(51)56-16-6-5-15-55(52)56)45-27-29-46(30-28-45)50-33-36-64-60(41-50)58-18-8-10-20-63(58)66-64/h1-22,24-25,27-36,38-41,48H,23,26,37H2. The summed E-state index contributed by atoms with van der Waals surface area (Å²) in [6.07, 6.45) is 3.02. The van der Waals surface area contributed by atoms with E-state index in [1.165, 1.54) is 119 Å². The first-order chi connectivity index (χ1) is 32.7. The molecule has 312 valence electrons. The molecule has 0 radical (unpaired) electrons. The summed E-state index contributed by atoms with van der Waals surface area (Å²) in [5.41, 5.74) is 12.8. The number of aromatic nitrogens is 1. The predicted molar refractivity (Wildman–Crippen MR) is 285 cm³/mol. The number of benzene rings is 11. The van der Waals surface area contributed by atoms with Crippen molar-refractivity contribution in [3.05, 3.63) is 247 Å². The van der Waals surface area contributed by atoms with Crippen LogP contribution in [0.1, 0.15) is 29.0 Å². The summed E-state index contributed by atoms with van der Waals surface area (Å²) in [6.45, 7) is 0. The first kappa shape index (κ1) is 38.7. The molecule has 0 aliphatic heterocycles. The Hall–Kier alpha value is -7.78. The highest BCUT2D eigenvalue weighted by atomic mass is 32.1. The molecule has 2 heterocycles. The summed E-state index contributed by atoms with van der Waals surface area (Å²) in [4.78, 5) is 0. The van der Waals surface area contributed by atoms with Crippen molar-refractivity contribution >= 4 is 85.6 Å². The van der Waals surface area contributed by atoms with Gasteiger partial charge in [-0.3, -0.25) is 0 Å². The van der Waals surface area contributed by atoms with Crippen LogP contribution in [0.3, 0.4) is 0 Å². The van der Waals surface area contributed by atoms with Crippen LogP contribution in [0.2, 0.25) is 0 Å². The number of nitrogens with zero attached hydrogens (tertiary/aromatic N) is 1. The normalized spacial score (nSPS) is 12.4. The van der Waals surface area contributed by atoms with E-state index in [1.54, 1.807) is 0 Å². The Morgan fingerprint density at radius 2 is 0.955 bits per heavy atom. The first-order valence-electron chi connectivity index (χ1n) is 23.2. The van der Waals surface area contributed by atoms with Gasteiger partial charge in [0.25, 0.3) is 0 Å². The van der Waals surface area contributed by atoms with Gasteiger partial charge in [-0.25, -0.2) is 0 Å². The molecule has 0 saturated carbocycles. The van der Waals surface area contributed by atoms with E-state index >= 15 is 0 Å². The SMILES string of the molecule is c1ccc2cc(-n3c4ccccc4c4cc(-c5ccc(CCC(Cc6cc7ccccc7c7ccccc67)c6ccc(-c7ccc8sc9ccccc9c8c7)cc6)cc5)ccc43)ccc2c1. The van der Waals surface area contributed by atoms with Crippen molar-refractivity contribution in [2.24, 2.45) is 0 Å². The van der Waals surface area contributed by atoms with Gasteiger partial charge in [-0.2, -0.15) is 0 Å². The molecule has 0 saturated heterocycles. The Morgan fingerprint density at radius 3 is 1.77 bits per heavy atom. The van der Waals surface area contributed by atoms with Gasteiger partial charge in [0, 0.05) is 36.6 Å². The molecule has 66 heavy (non-hydrogen) atoms. The molecule has 1 atom stereocenters. The molecule has 13 aromatic rings. The molecular weight excluding hydrogens is 815 g/mol. The highest BCUT2D eigenvalue weighted by Crippen LogP contribution is 2.39. The Kier molecular flexibility index (Phi) is 9.39. The summed E-state index contributed by atoms with van der Waals surface area (Å²) >= 11 is 1.88. The van der Waals surface area contributed by atoms with E-state index in [0.717, 1.165) is 19.3 Å². The maximum Gasteiger partial charge on any atom is 0.0541 e. The average molecular weight is 860 g/mol. The van der Waals surface area contributed by atoms with E-state index in [9.17, 15) is 0 Å². The molecule has 0 bridgehead atoms. The molecule has 0 spiro atoms. The zero-order chi connectivity index (χ0) is 43.6. The molecule has 1 unspecified atom stereocenters. The Balaban J connectivity index is 0.817. The molecule has 2 heteroatoms. The van der Waals surface area contributed by atoms with Gasteiger partial charge in [0.05, 0.1) is 11.0 Å². The number of rotatable bonds is 9. The maximum atomic E-state index is 2.45. The molecule has 0 aliphatic carbocycles. The summed E-state index contributed by atoms with van der Waals surface area (Å²) in [7, 11) is 0. The molecule has 1 nitrogen and oxygen atoms in total. The molecular formula is C64H45NS. The van der Waals surface area contributed by atoms with Gasteiger partial charge in [-0.15, -0.1) is 11.3 Å². The van der Waals surface area contributed by atoms with E-state index in [0.29, 0.717) is 5.92 Å². The van der Waals surface area contributed by atoms with Crippen molar-refractivity contribution < 1.29 is 0 Å². The molecule has 0 aliphatic rings. The van der Waals surface area contributed by atoms with Crippen LogP contribution in [-0.2, 0) is 12.8 Å². The summed E-state index contributed by atoms with van der Waals surface area (Å²) in [5.74, 6) is 0.342. The van der Waals surface area contributed by atoms with E-state index in [-0.39, 0.29) is 0 Å². The second kappa shape index (κ2) is 16.0. The van der Waals surface area contributed by atoms with E-state index in [4.69, 9.17) is 0 Å². The number of aryl methyl sites for hydroxylation is 1. The minimum Gasteiger partial charge on any atom is -0.309 e. The largest absolute Gasteiger partial charge is 0.309 e. The summed E-state index contributed by atoms with van der Waals surface area (Å²) in [5, 5.41) is 13.1. The van der Waals surface area contributed by atoms with Crippen LogP contribution in [-0.4, -0.2) is 4.57 Å². The zero-order valence-corrected chi connectivity index (χ0v) is 37.3. The van der Waals surface area contributed by atoms with Crippen molar-refractivity contribution in [1.82, 2.24) is 4.57 Å². The van der Waals surface area contributed by atoms with Gasteiger partial charge in [-0.05, 0) is 145 Å². The fourth-order valence-corrected chi connectivity index (χ4v) is 11.8. The number of thiophene rings is 1. The number of hydrogen-bond donors (Lipinski definition) is 0. The predicted octanol–water partition coefficient (Wildman–Crippen LogP) is 17.9. The van der Waals surface area contributed by atoms with Gasteiger partial charge in [0.2, 0.25) is 0 Å². The minimum atomic E-state index is 0.342. The lowest BCUT2D eigenvalue weighted by Crippen LogP contribution is -2.06. The van der Waals surface area contributed by atoms with Gasteiger partial charge in [-0.1, -0.05) is 182 Å². The third-order valence-corrected chi connectivity index (χ3v) is 15.3. The third kappa shape index (κ3) is 6.76. The van der Waals surface area contributed by atoms with Crippen LogP contribution in [0, 0.1) is 0 Å². The number of para-hydroxylation sites is 1. The van der Waals surface area contributed by atoms with Crippen LogP contribution in [0.5, 0.6) is 0 Å². The van der Waals surface area contributed by atoms with Crippen LogP contribution < -0.4 is 0 Å². The number of fused-ring (bicyclic) bond motifs is 10. The van der Waals surface area contributed by atoms with Gasteiger partial charge in [0.1, 0.15) is 0 Å². The average Bonchev–Trinajstić information content (AvgIpc) is 3.93. The molecule has 0 amide bonds. The molecule has 2 aromatic heterocycles. The Labute approximate surface area is 388 Å². The highest BCUT2D eigenvalue weighted by Gasteiger charge is 2.18. The topological polar surface area (TPSA) is 4.93 Å². The van der Waals surface area contributed by atoms with Crippen molar-refractivity contribution in [3.63, 3.8) is 0 Å². The molecule has 0 N–H and O–H groups in total. The van der Waals surface area contributed by atoms with Gasteiger partial charge < -0.3 is 4.57 Å². The van der Waals surface area contributed by atoms with Crippen LogP contribution in [0.15, 0.2) is 231 Å². The fourth-order valence-electron chi connectivity index (χ4n) is 10.8. The second-order valence-electron chi connectivity index (χ2n) is 18.0. The second-order valence-corrected chi connectivity index (χ2v) is 19.1. The summed E-state index contributed by atoms with van der Waals surface area (Å²) in [6, 6.07) is 86.1. The third-order valence-electron chi connectivity index (χ3n) is 14.1. The van der Waals surface area contributed by atoms with Crippen LogP contribution in [0.25, 0.3) is 102 Å². The van der Waals surface area contributed by atoms with Crippen LogP contribution in [0.4, 0.5) is 0 Å². The minimum absolute atomic E-state index is 0.342. The molecule has 11 aromatic carbocycles. The van der Waals surface area contributed by atoms with E-state index in [2.05, 4.69) is 235 Å². The van der Waals surface area contributed by atoms with Gasteiger partial charge >= 0.3 is 0 Å². The Bertz CT molecular complexity index is 3960. The maximum absolute atomic E-state index is 2.45. The number of hydrogen-bond acceptors (Lipinski definition) is 1. The lowest BCUT2D eigenvalue weighted by atomic mass is 9.84. The van der Waals surface area contributed by atoms with E-state index < -0.39 is 0 Å². The monoisotopic (exact) mass is 859 g/mol. The van der Waals surface area contributed by atoms with E-state index in [1.807, 2.05) is 11.3 Å². The first-order valence-corrected chi connectivity index (χ1v) is 24.0. The summed E-state index contributed by atoms with van der Waals surface area (Å²) < 4.78 is 5.10. The van der Waals surface area contributed by atoms with Crippen LogP contribution >= 0.6 is 11.3 Å². The smallest absolute Gasteiger partial charge is 0.0541 e. The zero-order valence-electron chi connectivity index (χ0n) is 36.5. The molecule has 13 rings (SSSR count). The van der Waals surface area contributed by atoms with Crippen molar-refractivity contribution in [2.45, 2.75) is 25.2 Å². The quantitative estimate of drug-likeness (QED) is 0.127. The molecule has 0 fully saturated rings. The van der Waals surface area contributed by atoms with Crippen molar-refractivity contribution in [3.8, 4) is 27.9 Å². The van der Waals surface area contributed by atoms with Gasteiger partial charge in [0.15, 0.2) is 0 Å². The Morgan fingerprint density at radius 1 is 0.364 bits per heavy atom. The highest BCUT2D eigenvalue weighted by molar-refractivity contribution is 7.25. The lowest BCUT2D eigenvalue weighted by Gasteiger charge is -2.20. The van der Waals surface area contributed by atoms with Crippen molar-refractivity contribution in [1.29, 1.82) is 0 Å². The lowest BCUT2D eigenvalue weighted by molar-refractivity contribution is 0.623. The fraction of sp³-hybridized carbons (Fsp3) is 0.0625. The van der Waals surface area contributed by atoms with Crippen molar-refractivity contribution in [2.75, 3.05) is 0 Å².